The molecule has 1 N–H and O–H groups in total. The number of ether oxygens (including phenoxy) is 2. The van der Waals surface area contributed by atoms with E-state index in [1.807, 2.05) is 18.2 Å². The van der Waals surface area contributed by atoms with Gasteiger partial charge in [-0.1, -0.05) is 35.3 Å². The van der Waals surface area contributed by atoms with Crippen molar-refractivity contribution in [3.05, 3.63) is 87.8 Å². The minimum absolute atomic E-state index is 0.262. The van der Waals surface area contributed by atoms with Crippen molar-refractivity contribution in [2.45, 2.75) is 6.61 Å². The van der Waals surface area contributed by atoms with Gasteiger partial charge in [0.05, 0.1) is 27.8 Å². The number of benzene rings is 3. The standard InChI is InChI=1S/C22H15Br2Cl2IN2O3/c1-31-18-9-14(10-28-29-22(30)13-3-2-4-15(27)8-13)19(23)20(24)21(18)32-11-12-5-6-16(25)17(26)7-12/h2-10H,11H2,1H3,(H,29,30)/b28-10-. The SMILES string of the molecule is COc1cc(/C=N\NC(=O)c2cccc(I)c2)c(Br)c(Br)c1OCc1ccc(Cl)c(Cl)c1. The van der Waals surface area contributed by atoms with Gasteiger partial charge in [-0.2, -0.15) is 5.10 Å². The maximum Gasteiger partial charge on any atom is 0.271 e. The van der Waals surface area contributed by atoms with Crippen LogP contribution in [-0.4, -0.2) is 19.2 Å². The summed E-state index contributed by atoms with van der Waals surface area (Å²) in [5.41, 5.74) is 4.59. The predicted octanol–water partition coefficient (Wildman–Crippen LogP) is 7.47. The molecular weight excluding hydrogens is 698 g/mol. The topological polar surface area (TPSA) is 59.9 Å². The van der Waals surface area contributed by atoms with Crippen LogP contribution in [-0.2, 0) is 6.61 Å². The smallest absolute Gasteiger partial charge is 0.271 e. The third kappa shape index (κ3) is 6.38. The summed E-state index contributed by atoms with van der Waals surface area (Å²) < 4.78 is 13.8. The number of hydrazone groups is 1. The molecule has 1 amide bonds. The Morgan fingerprint density at radius 2 is 1.91 bits per heavy atom. The van der Waals surface area contributed by atoms with Crippen LogP contribution in [0, 0.1) is 3.57 Å². The lowest BCUT2D eigenvalue weighted by Crippen LogP contribution is -2.17. The lowest BCUT2D eigenvalue weighted by Gasteiger charge is -2.15. The molecule has 0 aliphatic rings. The summed E-state index contributed by atoms with van der Waals surface area (Å²) >= 11 is 21.3. The van der Waals surface area contributed by atoms with E-state index in [-0.39, 0.29) is 12.5 Å². The molecule has 0 atom stereocenters. The monoisotopic (exact) mass is 710 g/mol. The summed E-state index contributed by atoms with van der Waals surface area (Å²) in [4.78, 5) is 12.3. The van der Waals surface area contributed by atoms with Crippen molar-refractivity contribution in [3.63, 3.8) is 0 Å². The Kier molecular flexibility index (Phi) is 9.24. The molecule has 0 radical (unpaired) electrons. The van der Waals surface area contributed by atoms with Crippen LogP contribution in [0.4, 0.5) is 0 Å². The van der Waals surface area contributed by atoms with Crippen molar-refractivity contribution in [1.29, 1.82) is 0 Å². The first-order chi connectivity index (χ1) is 15.3. The molecular formula is C22H15Br2Cl2IN2O3. The van der Waals surface area contributed by atoms with Gasteiger partial charge >= 0.3 is 0 Å². The zero-order chi connectivity index (χ0) is 23.3. The number of carbonyl (C=O) groups excluding carboxylic acids is 1. The summed E-state index contributed by atoms with van der Waals surface area (Å²) in [5.74, 6) is 0.694. The molecule has 3 aromatic carbocycles. The third-order valence-corrected chi connectivity index (χ3v) is 7.75. The molecule has 3 rings (SSSR count). The predicted molar refractivity (Wildman–Crippen MR) is 143 cm³/mol. The summed E-state index contributed by atoms with van der Waals surface area (Å²) in [7, 11) is 1.54. The lowest BCUT2D eigenvalue weighted by atomic mass is 10.2. The Labute approximate surface area is 225 Å². The number of rotatable bonds is 7. The van der Waals surface area contributed by atoms with Gasteiger partial charge in [0.1, 0.15) is 6.61 Å². The summed E-state index contributed by atoms with van der Waals surface area (Å²) in [6.07, 6.45) is 1.52. The minimum atomic E-state index is -0.302. The number of methoxy groups -OCH3 is 1. The van der Waals surface area contributed by atoms with Crippen molar-refractivity contribution < 1.29 is 14.3 Å². The van der Waals surface area contributed by atoms with Crippen molar-refractivity contribution in [1.82, 2.24) is 5.43 Å². The van der Waals surface area contributed by atoms with Gasteiger partial charge in [-0.3, -0.25) is 4.79 Å². The number of hydrogen-bond donors (Lipinski definition) is 1. The minimum Gasteiger partial charge on any atom is -0.493 e. The van der Waals surface area contributed by atoms with Crippen LogP contribution in [0.3, 0.4) is 0 Å². The fourth-order valence-electron chi connectivity index (χ4n) is 2.62. The highest BCUT2D eigenvalue weighted by Gasteiger charge is 2.17. The number of nitrogens with one attached hydrogen (secondary N) is 1. The summed E-state index contributed by atoms with van der Waals surface area (Å²) in [6.45, 7) is 0.262. The molecule has 32 heavy (non-hydrogen) atoms. The summed E-state index contributed by atoms with van der Waals surface area (Å²) in [6, 6.07) is 14.3. The third-order valence-electron chi connectivity index (χ3n) is 4.20. The number of amides is 1. The van der Waals surface area contributed by atoms with Crippen molar-refractivity contribution in [3.8, 4) is 11.5 Å². The Bertz CT molecular complexity index is 1190. The molecule has 0 aromatic heterocycles. The molecule has 0 saturated heterocycles. The summed E-state index contributed by atoms with van der Waals surface area (Å²) in [5, 5.41) is 5.00. The molecule has 0 unspecified atom stereocenters. The highest BCUT2D eigenvalue weighted by atomic mass is 127. The second-order valence-electron chi connectivity index (χ2n) is 6.37. The number of nitrogens with zero attached hydrogens (tertiary/aromatic N) is 1. The van der Waals surface area contributed by atoms with E-state index in [0.29, 0.717) is 41.6 Å². The molecule has 0 heterocycles. The van der Waals surface area contributed by atoms with Crippen molar-refractivity contribution in [2.75, 3.05) is 7.11 Å². The average molecular weight is 713 g/mol. The van der Waals surface area contributed by atoms with E-state index < -0.39 is 0 Å². The zero-order valence-electron chi connectivity index (χ0n) is 16.5. The molecule has 0 aliphatic heterocycles. The van der Waals surface area contributed by atoms with Gasteiger partial charge in [-0.25, -0.2) is 5.43 Å². The molecule has 0 aliphatic carbocycles. The Balaban J connectivity index is 1.76. The largest absolute Gasteiger partial charge is 0.493 e. The van der Waals surface area contributed by atoms with Crippen LogP contribution >= 0.6 is 77.7 Å². The van der Waals surface area contributed by atoms with Crippen LogP contribution in [0.25, 0.3) is 0 Å². The van der Waals surface area contributed by atoms with Crippen LogP contribution in [0.5, 0.6) is 11.5 Å². The van der Waals surface area contributed by atoms with E-state index in [2.05, 4.69) is 65.0 Å². The Hall–Kier alpha value is -1.33. The molecule has 0 saturated carbocycles. The molecule has 0 fully saturated rings. The first-order valence-corrected chi connectivity index (χ1v) is 12.4. The van der Waals surface area contributed by atoms with E-state index in [9.17, 15) is 4.79 Å². The van der Waals surface area contributed by atoms with E-state index in [1.165, 1.54) is 6.21 Å². The molecule has 5 nitrogen and oxygen atoms in total. The molecule has 0 spiro atoms. The van der Waals surface area contributed by atoms with Crippen molar-refractivity contribution >= 4 is 89.8 Å². The van der Waals surface area contributed by atoms with Crippen LogP contribution in [0.2, 0.25) is 10.0 Å². The number of halogens is 5. The molecule has 10 heteroatoms. The van der Waals surface area contributed by atoms with Crippen LogP contribution in [0.15, 0.2) is 62.6 Å². The van der Waals surface area contributed by atoms with Gasteiger partial charge in [0.25, 0.3) is 5.91 Å². The van der Waals surface area contributed by atoms with E-state index in [0.717, 1.165) is 9.13 Å². The highest BCUT2D eigenvalue weighted by Crippen LogP contribution is 2.42. The zero-order valence-corrected chi connectivity index (χ0v) is 23.3. The maximum atomic E-state index is 12.3. The van der Waals surface area contributed by atoms with E-state index >= 15 is 0 Å². The Morgan fingerprint density at radius 3 is 2.59 bits per heavy atom. The van der Waals surface area contributed by atoms with Gasteiger partial charge in [-0.05, 0) is 96.4 Å². The van der Waals surface area contributed by atoms with E-state index in [1.54, 1.807) is 37.4 Å². The first-order valence-electron chi connectivity index (χ1n) is 9.01. The number of carbonyl (C=O) groups is 1. The average Bonchev–Trinajstić information content (AvgIpc) is 2.78. The van der Waals surface area contributed by atoms with Crippen molar-refractivity contribution in [2.24, 2.45) is 5.10 Å². The first kappa shape index (κ1) is 25.3. The van der Waals surface area contributed by atoms with Crippen LogP contribution < -0.4 is 14.9 Å². The van der Waals surface area contributed by atoms with E-state index in [4.69, 9.17) is 32.7 Å². The maximum absolute atomic E-state index is 12.3. The normalized spacial score (nSPS) is 10.9. The number of hydrogen-bond acceptors (Lipinski definition) is 4. The Morgan fingerprint density at radius 1 is 1.12 bits per heavy atom. The van der Waals surface area contributed by atoms with Crippen LogP contribution in [0.1, 0.15) is 21.5 Å². The fraction of sp³-hybridized carbons (Fsp3) is 0.0909. The highest BCUT2D eigenvalue weighted by molar-refractivity contribution is 14.1. The second kappa shape index (κ2) is 11.7. The van der Waals surface area contributed by atoms with Gasteiger partial charge < -0.3 is 9.47 Å². The van der Waals surface area contributed by atoms with Gasteiger partial charge in [-0.15, -0.1) is 0 Å². The molecule has 166 valence electrons. The molecule has 0 bridgehead atoms. The fourth-order valence-corrected chi connectivity index (χ4v) is 4.42. The second-order valence-corrected chi connectivity index (χ2v) is 10.0. The van der Waals surface area contributed by atoms with Gasteiger partial charge in [0, 0.05) is 19.2 Å². The quantitative estimate of drug-likeness (QED) is 0.157. The van der Waals surface area contributed by atoms with Gasteiger partial charge in [0.15, 0.2) is 11.5 Å². The lowest BCUT2D eigenvalue weighted by molar-refractivity contribution is 0.0955. The molecule has 3 aromatic rings. The van der Waals surface area contributed by atoms with Gasteiger partial charge in [0.2, 0.25) is 0 Å².